The summed E-state index contributed by atoms with van der Waals surface area (Å²) in [6.45, 7) is 6.29. The first kappa shape index (κ1) is 20.5. The lowest BCUT2D eigenvalue weighted by molar-refractivity contribution is -0.117. The van der Waals surface area contributed by atoms with Crippen molar-refractivity contribution in [1.82, 2.24) is 19.9 Å². The number of carbonyl (C=O) groups is 1. The predicted molar refractivity (Wildman–Crippen MR) is 116 cm³/mol. The van der Waals surface area contributed by atoms with Crippen LogP contribution in [0.3, 0.4) is 0 Å². The first-order valence-electron chi connectivity index (χ1n) is 9.95. The van der Waals surface area contributed by atoms with Crippen LogP contribution in [-0.4, -0.2) is 58.6 Å². The van der Waals surface area contributed by atoms with Gasteiger partial charge < -0.3 is 9.84 Å². The van der Waals surface area contributed by atoms with Gasteiger partial charge in [0.1, 0.15) is 0 Å². The molecule has 2 aromatic carbocycles. The maximum Gasteiger partial charge on any atom is 0.241 e. The molecule has 1 saturated heterocycles. The van der Waals surface area contributed by atoms with E-state index < -0.39 is 0 Å². The number of nitrogens with zero attached hydrogens (tertiary/aromatic N) is 4. The number of aryl methyl sites for hydroxylation is 1. The molecule has 0 spiro atoms. The second kappa shape index (κ2) is 9.38. The average molecular weight is 426 g/mol. The highest BCUT2D eigenvalue weighted by atomic mass is 35.5. The van der Waals surface area contributed by atoms with Gasteiger partial charge in [0.2, 0.25) is 17.6 Å². The van der Waals surface area contributed by atoms with Gasteiger partial charge in [-0.2, -0.15) is 4.98 Å². The number of carbonyl (C=O) groups excluding carboxylic acids is 1. The minimum absolute atomic E-state index is 0.00795. The number of anilines is 1. The standard InChI is InChI=1S/C22H24ClN5O2/c1-16-6-8-17(9-7-16)24-20(29)14-27-10-12-28(13-11-27)15-21-25-22(26-30-21)18-4-2-3-5-19(18)23/h2-9H,10-15H2,1H3,(H,24,29). The van der Waals surface area contributed by atoms with Crippen molar-refractivity contribution < 1.29 is 9.32 Å². The summed E-state index contributed by atoms with van der Waals surface area (Å²) in [4.78, 5) is 21.2. The van der Waals surface area contributed by atoms with E-state index >= 15 is 0 Å². The van der Waals surface area contributed by atoms with Crippen molar-refractivity contribution in [2.45, 2.75) is 13.5 Å². The largest absolute Gasteiger partial charge is 0.338 e. The molecule has 1 aliphatic heterocycles. The molecule has 3 aromatic rings. The van der Waals surface area contributed by atoms with Crippen molar-refractivity contribution in [2.24, 2.45) is 0 Å². The number of hydrogen-bond acceptors (Lipinski definition) is 6. The van der Waals surface area contributed by atoms with Crippen LogP contribution in [-0.2, 0) is 11.3 Å². The van der Waals surface area contributed by atoms with E-state index in [1.54, 1.807) is 6.07 Å². The number of amides is 1. The van der Waals surface area contributed by atoms with E-state index in [1.807, 2.05) is 49.4 Å². The fourth-order valence-electron chi connectivity index (χ4n) is 3.41. The van der Waals surface area contributed by atoms with E-state index in [-0.39, 0.29) is 5.91 Å². The zero-order valence-electron chi connectivity index (χ0n) is 16.8. The summed E-state index contributed by atoms with van der Waals surface area (Å²) < 4.78 is 5.40. The van der Waals surface area contributed by atoms with Crippen molar-refractivity contribution in [1.29, 1.82) is 0 Å². The van der Waals surface area contributed by atoms with E-state index in [0.29, 0.717) is 29.8 Å². The van der Waals surface area contributed by atoms with Crippen molar-refractivity contribution >= 4 is 23.2 Å². The lowest BCUT2D eigenvalue weighted by Gasteiger charge is -2.33. The fourth-order valence-corrected chi connectivity index (χ4v) is 3.63. The molecule has 0 atom stereocenters. The van der Waals surface area contributed by atoms with E-state index in [2.05, 4.69) is 25.3 Å². The summed E-state index contributed by atoms with van der Waals surface area (Å²) in [7, 11) is 0. The molecule has 8 heteroatoms. The second-order valence-corrected chi connectivity index (χ2v) is 7.87. The molecule has 7 nitrogen and oxygen atoms in total. The molecular formula is C22H24ClN5O2. The minimum atomic E-state index is 0.00795. The van der Waals surface area contributed by atoms with Gasteiger partial charge in [0.15, 0.2) is 0 Å². The van der Waals surface area contributed by atoms with Crippen LogP contribution in [0.2, 0.25) is 5.02 Å². The van der Waals surface area contributed by atoms with Crippen molar-refractivity contribution in [3.63, 3.8) is 0 Å². The third-order valence-electron chi connectivity index (χ3n) is 5.11. The first-order chi connectivity index (χ1) is 14.6. The molecule has 1 aromatic heterocycles. The third kappa shape index (κ3) is 5.24. The number of piperazine rings is 1. The monoisotopic (exact) mass is 425 g/mol. The number of hydrogen-bond donors (Lipinski definition) is 1. The van der Waals surface area contributed by atoms with Crippen LogP contribution in [0.1, 0.15) is 11.5 Å². The van der Waals surface area contributed by atoms with Gasteiger partial charge in [0, 0.05) is 37.4 Å². The summed E-state index contributed by atoms with van der Waals surface area (Å²) in [6.07, 6.45) is 0. The highest BCUT2D eigenvalue weighted by Crippen LogP contribution is 2.25. The van der Waals surface area contributed by atoms with Crippen LogP contribution in [0.5, 0.6) is 0 Å². The highest BCUT2D eigenvalue weighted by molar-refractivity contribution is 6.33. The van der Waals surface area contributed by atoms with Gasteiger partial charge in [0.05, 0.1) is 18.1 Å². The summed E-state index contributed by atoms with van der Waals surface area (Å²) >= 11 is 6.21. The maximum absolute atomic E-state index is 12.3. The molecule has 0 saturated carbocycles. The Kier molecular flexibility index (Phi) is 6.42. The van der Waals surface area contributed by atoms with Crippen LogP contribution < -0.4 is 5.32 Å². The third-order valence-corrected chi connectivity index (χ3v) is 5.44. The highest BCUT2D eigenvalue weighted by Gasteiger charge is 2.21. The van der Waals surface area contributed by atoms with E-state index in [0.717, 1.165) is 37.4 Å². The Balaban J connectivity index is 1.24. The number of benzene rings is 2. The molecular weight excluding hydrogens is 402 g/mol. The number of rotatable bonds is 6. The van der Waals surface area contributed by atoms with Crippen LogP contribution >= 0.6 is 11.6 Å². The Labute approximate surface area is 180 Å². The maximum atomic E-state index is 12.3. The van der Waals surface area contributed by atoms with Crippen LogP contribution in [0.15, 0.2) is 53.1 Å². The molecule has 0 aliphatic carbocycles. The van der Waals surface area contributed by atoms with E-state index in [4.69, 9.17) is 16.1 Å². The van der Waals surface area contributed by atoms with Gasteiger partial charge in [-0.3, -0.25) is 14.6 Å². The quantitative estimate of drug-likeness (QED) is 0.652. The summed E-state index contributed by atoms with van der Waals surface area (Å²) in [5.41, 5.74) is 2.76. The Morgan fingerprint density at radius 3 is 2.50 bits per heavy atom. The predicted octanol–water partition coefficient (Wildman–Crippen LogP) is 3.45. The van der Waals surface area contributed by atoms with E-state index in [9.17, 15) is 4.79 Å². The summed E-state index contributed by atoms with van der Waals surface area (Å²) in [5.74, 6) is 1.08. The molecule has 1 aliphatic rings. The summed E-state index contributed by atoms with van der Waals surface area (Å²) in [5, 5.41) is 7.60. The van der Waals surface area contributed by atoms with Crippen LogP contribution in [0.4, 0.5) is 5.69 Å². The van der Waals surface area contributed by atoms with Crippen LogP contribution in [0, 0.1) is 6.92 Å². The number of nitrogens with one attached hydrogen (secondary N) is 1. The smallest absolute Gasteiger partial charge is 0.241 e. The van der Waals surface area contributed by atoms with Crippen molar-refractivity contribution in [3.8, 4) is 11.4 Å². The topological polar surface area (TPSA) is 74.5 Å². The molecule has 0 radical (unpaired) electrons. The average Bonchev–Trinajstić information content (AvgIpc) is 3.20. The van der Waals surface area contributed by atoms with Gasteiger partial charge in [-0.15, -0.1) is 0 Å². The first-order valence-corrected chi connectivity index (χ1v) is 10.3. The SMILES string of the molecule is Cc1ccc(NC(=O)CN2CCN(Cc3nc(-c4ccccc4Cl)no3)CC2)cc1. The molecule has 4 rings (SSSR count). The lowest BCUT2D eigenvalue weighted by atomic mass is 10.2. The van der Waals surface area contributed by atoms with Crippen molar-refractivity contribution in [2.75, 3.05) is 38.0 Å². The summed E-state index contributed by atoms with van der Waals surface area (Å²) in [6, 6.07) is 15.3. The fraction of sp³-hybridized carbons (Fsp3) is 0.318. The Morgan fingerprint density at radius 1 is 1.07 bits per heavy atom. The molecule has 1 fully saturated rings. The zero-order chi connectivity index (χ0) is 20.9. The van der Waals surface area contributed by atoms with Crippen LogP contribution in [0.25, 0.3) is 11.4 Å². The van der Waals surface area contributed by atoms with Gasteiger partial charge in [-0.25, -0.2) is 0 Å². The minimum Gasteiger partial charge on any atom is -0.338 e. The molecule has 1 amide bonds. The molecule has 0 unspecified atom stereocenters. The zero-order valence-corrected chi connectivity index (χ0v) is 17.6. The van der Waals surface area contributed by atoms with E-state index in [1.165, 1.54) is 5.56 Å². The Hall–Kier alpha value is -2.74. The van der Waals surface area contributed by atoms with Gasteiger partial charge in [-0.05, 0) is 31.2 Å². The molecule has 1 N–H and O–H groups in total. The normalized spacial score (nSPS) is 15.3. The molecule has 0 bridgehead atoms. The van der Waals surface area contributed by atoms with Gasteiger partial charge >= 0.3 is 0 Å². The van der Waals surface area contributed by atoms with Crippen molar-refractivity contribution in [3.05, 3.63) is 65.0 Å². The Bertz CT molecular complexity index is 997. The Morgan fingerprint density at radius 2 is 1.77 bits per heavy atom. The molecule has 30 heavy (non-hydrogen) atoms. The van der Waals surface area contributed by atoms with Gasteiger partial charge in [0.25, 0.3) is 0 Å². The van der Waals surface area contributed by atoms with Gasteiger partial charge in [-0.1, -0.05) is 46.6 Å². The number of halogens is 1. The molecule has 156 valence electrons. The molecule has 2 heterocycles. The lowest BCUT2D eigenvalue weighted by Crippen LogP contribution is -2.48. The second-order valence-electron chi connectivity index (χ2n) is 7.46. The number of aromatic nitrogens is 2.